The lowest BCUT2D eigenvalue weighted by Gasteiger charge is -2.07. The highest BCUT2D eigenvalue weighted by Crippen LogP contribution is 2.18. The zero-order chi connectivity index (χ0) is 12.4. The van der Waals surface area contributed by atoms with Gasteiger partial charge in [-0.1, -0.05) is 18.2 Å². The number of pyridine rings is 1. The molecule has 1 heterocycles. The van der Waals surface area contributed by atoms with Gasteiger partial charge in [-0.25, -0.2) is 0 Å². The van der Waals surface area contributed by atoms with Crippen LogP contribution in [0.3, 0.4) is 0 Å². The number of aromatic nitrogens is 1. The van der Waals surface area contributed by atoms with Crippen molar-refractivity contribution >= 4 is 21.7 Å². The van der Waals surface area contributed by atoms with Crippen LogP contribution in [0.15, 0.2) is 41.1 Å². The normalized spacial score (nSPS) is 10.3. The van der Waals surface area contributed by atoms with E-state index in [1.165, 1.54) is 0 Å². The minimum Gasteiger partial charge on any atom is -0.289 e. The maximum absolute atomic E-state index is 12.3. The van der Waals surface area contributed by atoms with Crippen LogP contribution in [0.5, 0.6) is 0 Å². The van der Waals surface area contributed by atoms with Crippen LogP contribution in [0.4, 0.5) is 0 Å². The molecule has 0 aliphatic carbocycles. The summed E-state index contributed by atoms with van der Waals surface area (Å²) in [5, 5.41) is 0. The summed E-state index contributed by atoms with van der Waals surface area (Å²) in [6.45, 7) is 3.97. The first-order valence-electron chi connectivity index (χ1n) is 5.31. The number of aryl methyl sites for hydroxylation is 1. The van der Waals surface area contributed by atoms with Crippen LogP contribution in [0.2, 0.25) is 0 Å². The number of hydrogen-bond donors (Lipinski definition) is 0. The lowest BCUT2D eigenvalue weighted by molar-refractivity contribution is 0.103. The standard InChI is InChI=1S/C14H12BrNO/c1-9-4-3-5-13(10(9)2)14(17)11-6-12(15)8-16-7-11/h3-8H,1-2H3. The number of carbonyl (C=O) groups excluding carboxylic acids is 1. The van der Waals surface area contributed by atoms with Gasteiger partial charge < -0.3 is 0 Å². The van der Waals surface area contributed by atoms with Crippen LogP contribution in [0, 0.1) is 13.8 Å². The molecule has 1 aromatic heterocycles. The summed E-state index contributed by atoms with van der Waals surface area (Å²) < 4.78 is 0.814. The van der Waals surface area contributed by atoms with Crippen molar-refractivity contribution in [2.24, 2.45) is 0 Å². The zero-order valence-electron chi connectivity index (χ0n) is 9.70. The van der Waals surface area contributed by atoms with Gasteiger partial charge in [0, 0.05) is 28.0 Å². The van der Waals surface area contributed by atoms with E-state index in [1.54, 1.807) is 18.5 Å². The Balaban J connectivity index is 2.48. The van der Waals surface area contributed by atoms with Crippen LogP contribution in [0.25, 0.3) is 0 Å². The van der Waals surface area contributed by atoms with E-state index in [9.17, 15) is 4.79 Å². The molecule has 1 aromatic carbocycles. The Morgan fingerprint density at radius 1 is 1.24 bits per heavy atom. The highest BCUT2D eigenvalue weighted by molar-refractivity contribution is 9.10. The Bertz CT molecular complexity index is 578. The van der Waals surface area contributed by atoms with Crippen LogP contribution in [-0.4, -0.2) is 10.8 Å². The number of ketones is 1. The summed E-state index contributed by atoms with van der Waals surface area (Å²) in [5.41, 5.74) is 3.49. The summed E-state index contributed by atoms with van der Waals surface area (Å²) in [5.74, 6) is 0.0139. The molecule has 0 unspecified atom stereocenters. The lowest BCUT2D eigenvalue weighted by atomic mass is 9.97. The molecular formula is C14H12BrNO. The maximum Gasteiger partial charge on any atom is 0.194 e. The van der Waals surface area contributed by atoms with Crippen molar-refractivity contribution in [1.29, 1.82) is 0 Å². The molecule has 86 valence electrons. The average Bonchev–Trinajstić information content (AvgIpc) is 2.32. The second kappa shape index (κ2) is 4.80. The number of carbonyl (C=O) groups is 1. The van der Waals surface area contributed by atoms with Gasteiger partial charge in [0.05, 0.1) is 0 Å². The van der Waals surface area contributed by atoms with Gasteiger partial charge in [0.2, 0.25) is 0 Å². The van der Waals surface area contributed by atoms with Crippen LogP contribution < -0.4 is 0 Å². The predicted molar refractivity (Wildman–Crippen MR) is 71.3 cm³/mol. The van der Waals surface area contributed by atoms with Crippen molar-refractivity contribution in [2.45, 2.75) is 13.8 Å². The molecule has 0 spiro atoms. The minimum absolute atomic E-state index is 0.0139. The quantitative estimate of drug-likeness (QED) is 0.789. The Morgan fingerprint density at radius 2 is 2.00 bits per heavy atom. The molecule has 2 nitrogen and oxygen atoms in total. The second-order valence-corrected chi connectivity index (χ2v) is 4.88. The highest BCUT2D eigenvalue weighted by Gasteiger charge is 2.13. The first-order valence-corrected chi connectivity index (χ1v) is 6.10. The fourth-order valence-corrected chi connectivity index (χ4v) is 2.05. The molecule has 0 saturated carbocycles. The van der Waals surface area contributed by atoms with Crippen molar-refractivity contribution in [3.05, 3.63) is 63.4 Å². The summed E-state index contributed by atoms with van der Waals surface area (Å²) in [7, 11) is 0. The second-order valence-electron chi connectivity index (χ2n) is 3.97. The van der Waals surface area contributed by atoms with E-state index in [0.717, 1.165) is 21.2 Å². The Morgan fingerprint density at radius 3 is 2.71 bits per heavy atom. The molecule has 0 aliphatic heterocycles. The molecule has 0 radical (unpaired) electrons. The number of benzene rings is 1. The van der Waals surface area contributed by atoms with E-state index >= 15 is 0 Å². The summed E-state index contributed by atoms with van der Waals surface area (Å²) >= 11 is 3.32. The van der Waals surface area contributed by atoms with Gasteiger partial charge in [0.25, 0.3) is 0 Å². The van der Waals surface area contributed by atoms with Gasteiger partial charge in [-0.2, -0.15) is 0 Å². The SMILES string of the molecule is Cc1cccc(C(=O)c2cncc(Br)c2)c1C. The summed E-state index contributed by atoms with van der Waals surface area (Å²) in [6.07, 6.45) is 3.26. The molecule has 0 atom stereocenters. The predicted octanol–water partition coefficient (Wildman–Crippen LogP) is 3.69. The van der Waals surface area contributed by atoms with Gasteiger partial charge >= 0.3 is 0 Å². The number of halogens is 1. The highest BCUT2D eigenvalue weighted by atomic mass is 79.9. The molecule has 17 heavy (non-hydrogen) atoms. The van der Waals surface area contributed by atoms with Crippen molar-refractivity contribution in [3.63, 3.8) is 0 Å². The third-order valence-electron chi connectivity index (χ3n) is 2.82. The monoisotopic (exact) mass is 289 g/mol. The van der Waals surface area contributed by atoms with Gasteiger partial charge in [0.1, 0.15) is 0 Å². The average molecular weight is 290 g/mol. The van der Waals surface area contributed by atoms with Crippen molar-refractivity contribution in [3.8, 4) is 0 Å². The first-order chi connectivity index (χ1) is 8.09. The third kappa shape index (κ3) is 2.44. The van der Waals surface area contributed by atoms with E-state index < -0.39 is 0 Å². The van der Waals surface area contributed by atoms with E-state index in [1.807, 2.05) is 32.0 Å². The van der Waals surface area contributed by atoms with Gasteiger partial charge in [-0.05, 0) is 47.0 Å². The van der Waals surface area contributed by atoms with Crippen molar-refractivity contribution in [2.75, 3.05) is 0 Å². The Hall–Kier alpha value is -1.48. The van der Waals surface area contributed by atoms with Gasteiger partial charge in [-0.15, -0.1) is 0 Å². The summed E-state index contributed by atoms with van der Waals surface area (Å²) in [6, 6.07) is 7.55. The largest absolute Gasteiger partial charge is 0.289 e. The maximum atomic E-state index is 12.3. The van der Waals surface area contributed by atoms with Gasteiger partial charge in [-0.3, -0.25) is 9.78 Å². The topological polar surface area (TPSA) is 30.0 Å². The summed E-state index contributed by atoms with van der Waals surface area (Å²) in [4.78, 5) is 16.3. The minimum atomic E-state index is 0.0139. The molecule has 2 aromatic rings. The zero-order valence-corrected chi connectivity index (χ0v) is 11.3. The molecule has 0 aliphatic rings. The third-order valence-corrected chi connectivity index (χ3v) is 3.25. The number of rotatable bonds is 2. The number of nitrogens with zero attached hydrogens (tertiary/aromatic N) is 1. The first kappa shape index (κ1) is 12.0. The van der Waals surface area contributed by atoms with Crippen LogP contribution >= 0.6 is 15.9 Å². The van der Waals surface area contributed by atoms with E-state index in [2.05, 4.69) is 20.9 Å². The van der Waals surface area contributed by atoms with Gasteiger partial charge in [0.15, 0.2) is 5.78 Å². The number of hydrogen-bond acceptors (Lipinski definition) is 2. The fraction of sp³-hybridized carbons (Fsp3) is 0.143. The molecule has 3 heteroatoms. The van der Waals surface area contributed by atoms with E-state index in [0.29, 0.717) is 5.56 Å². The smallest absolute Gasteiger partial charge is 0.194 e. The molecule has 0 fully saturated rings. The van der Waals surface area contributed by atoms with Crippen molar-refractivity contribution in [1.82, 2.24) is 4.98 Å². The van der Waals surface area contributed by atoms with Crippen LogP contribution in [-0.2, 0) is 0 Å². The van der Waals surface area contributed by atoms with Crippen LogP contribution in [0.1, 0.15) is 27.0 Å². The lowest BCUT2D eigenvalue weighted by Crippen LogP contribution is -2.05. The van der Waals surface area contributed by atoms with Crippen molar-refractivity contribution < 1.29 is 4.79 Å². The fourth-order valence-electron chi connectivity index (χ4n) is 1.69. The molecular weight excluding hydrogens is 278 g/mol. The van der Waals surface area contributed by atoms with E-state index in [-0.39, 0.29) is 5.78 Å². The molecule has 0 bridgehead atoms. The van der Waals surface area contributed by atoms with E-state index in [4.69, 9.17) is 0 Å². The molecule has 0 N–H and O–H groups in total. The molecule has 2 rings (SSSR count). The molecule has 0 saturated heterocycles. The molecule has 0 amide bonds. The Kier molecular flexibility index (Phi) is 3.38. The Labute approximate surface area is 109 Å².